The Morgan fingerprint density at radius 1 is 1.57 bits per heavy atom. The summed E-state index contributed by atoms with van der Waals surface area (Å²) in [6.07, 6.45) is 1.58. The molecular weight excluding hydrogens is 186 g/mol. The average molecular weight is 193 g/mol. The molecule has 0 aromatic carbocycles. The van der Waals surface area contributed by atoms with Crippen LogP contribution in [-0.2, 0) is 0 Å². The number of anilines is 1. The van der Waals surface area contributed by atoms with E-state index in [2.05, 4.69) is 20.3 Å². The minimum Gasteiger partial charge on any atom is -0.351 e. The first-order chi connectivity index (χ1) is 6.66. The molecule has 0 unspecified atom stereocenters. The molecule has 2 amide bonds. The number of H-pyrrole nitrogens is 2. The molecule has 0 saturated heterocycles. The third-order valence-corrected chi connectivity index (χ3v) is 1.67. The molecule has 2 heterocycles. The number of carbonyl (C=O) groups excluding carboxylic acids is 1. The smallest absolute Gasteiger partial charge is 0.318 e. The van der Waals surface area contributed by atoms with Gasteiger partial charge < -0.3 is 10.7 Å². The van der Waals surface area contributed by atoms with Gasteiger partial charge in [0.05, 0.1) is 5.39 Å². The number of amides is 2. The van der Waals surface area contributed by atoms with Gasteiger partial charge in [0.15, 0.2) is 0 Å². The Hall–Kier alpha value is -2.31. The number of aromatic nitrogens is 3. The maximum atomic E-state index is 11.3. The standard InChI is InChI=1S/C7H7N5O2/c8-6(14)12-7-10-4-3(1-2-9-4)5(13)11-7/h1-2H,(H5,8,9,10,11,12,13,14). The van der Waals surface area contributed by atoms with Crippen LogP contribution in [0.25, 0.3) is 11.0 Å². The van der Waals surface area contributed by atoms with Crippen LogP contribution in [0.5, 0.6) is 0 Å². The number of nitrogens with zero attached hydrogens (tertiary/aromatic N) is 1. The lowest BCUT2D eigenvalue weighted by molar-refractivity contribution is 0.259. The summed E-state index contributed by atoms with van der Waals surface area (Å²) in [7, 11) is 0. The number of urea groups is 1. The van der Waals surface area contributed by atoms with Crippen molar-refractivity contribution < 1.29 is 4.79 Å². The second kappa shape index (κ2) is 2.87. The van der Waals surface area contributed by atoms with Crippen LogP contribution in [0, 0.1) is 0 Å². The van der Waals surface area contributed by atoms with Crippen molar-refractivity contribution in [3.63, 3.8) is 0 Å². The molecule has 14 heavy (non-hydrogen) atoms. The van der Waals surface area contributed by atoms with Gasteiger partial charge in [0.1, 0.15) is 5.65 Å². The highest BCUT2D eigenvalue weighted by Crippen LogP contribution is 2.04. The molecule has 2 rings (SSSR count). The number of carbonyl (C=O) groups is 1. The maximum absolute atomic E-state index is 11.3. The number of primary amides is 1. The van der Waals surface area contributed by atoms with Crippen LogP contribution in [0.15, 0.2) is 17.1 Å². The molecule has 2 aromatic heterocycles. The van der Waals surface area contributed by atoms with Crippen molar-refractivity contribution in [2.45, 2.75) is 0 Å². The van der Waals surface area contributed by atoms with Crippen molar-refractivity contribution >= 4 is 23.0 Å². The lowest BCUT2D eigenvalue weighted by Gasteiger charge is -1.99. The van der Waals surface area contributed by atoms with Gasteiger partial charge in [0, 0.05) is 6.20 Å². The van der Waals surface area contributed by atoms with Gasteiger partial charge in [0.25, 0.3) is 5.56 Å². The zero-order chi connectivity index (χ0) is 10.1. The highest BCUT2D eigenvalue weighted by Gasteiger charge is 2.04. The molecule has 0 fully saturated rings. The summed E-state index contributed by atoms with van der Waals surface area (Å²) in [4.78, 5) is 30.9. The van der Waals surface area contributed by atoms with Gasteiger partial charge in [-0.25, -0.2) is 4.79 Å². The lowest BCUT2D eigenvalue weighted by atomic mass is 10.4. The third-order valence-electron chi connectivity index (χ3n) is 1.67. The van der Waals surface area contributed by atoms with Gasteiger partial charge in [-0.15, -0.1) is 0 Å². The van der Waals surface area contributed by atoms with Gasteiger partial charge >= 0.3 is 6.03 Å². The van der Waals surface area contributed by atoms with Crippen LogP contribution in [-0.4, -0.2) is 21.0 Å². The van der Waals surface area contributed by atoms with Gasteiger partial charge in [0.2, 0.25) is 5.95 Å². The van der Waals surface area contributed by atoms with E-state index in [1.165, 1.54) is 0 Å². The van der Waals surface area contributed by atoms with Crippen molar-refractivity contribution in [3.05, 3.63) is 22.6 Å². The van der Waals surface area contributed by atoms with Gasteiger partial charge in [-0.2, -0.15) is 4.98 Å². The molecule has 0 atom stereocenters. The highest BCUT2D eigenvalue weighted by atomic mass is 16.2. The number of rotatable bonds is 1. The summed E-state index contributed by atoms with van der Waals surface area (Å²) in [5.74, 6) is 0.0254. The minimum atomic E-state index is -0.779. The number of aromatic amines is 2. The molecule has 0 aliphatic carbocycles. The zero-order valence-corrected chi connectivity index (χ0v) is 7.00. The van der Waals surface area contributed by atoms with E-state index in [0.717, 1.165) is 0 Å². The largest absolute Gasteiger partial charge is 0.351 e. The summed E-state index contributed by atoms with van der Waals surface area (Å²) in [6, 6.07) is 0.814. The Labute approximate surface area is 77.3 Å². The van der Waals surface area contributed by atoms with E-state index in [1.807, 2.05) is 0 Å². The summed E-state index contributed by atoms with van der Waals surface area (Å²) in [5.41, 5.74) is 4.94. The van der Waals surface area contributed by atoms with Crippen LogP contribution in [0.1, 0.15) is 0 Å². The molecule has 7 heteroatoms. The Morgan fingerprint density at radius 3 is 3.07 bits per heavy atom. The summed E-state index contributed by atoms with van der Waals surface area (Å²) in [5, 5.41) is 2.61. The second-order valence-corrected chi connectivity index (χ2v) is 2.64. The molecule has 7 nitrogen and oxygen atoms in total. The monoisotopic (exact) mass is 193 g/mol. The molecular formula is C7H7N5O2. The molecule has 2 aromatic rings. The predicted octanol–water partition coefficient (Wildman–Crippen LogP) is -0.258. The molecule has 0 radical (unpaired) electrons. The van der Waals surface area contributed by atoms with Gasteiger partial charge in [-0.05, 0) is 6.07 Å². The fourth-order valence-electron chi connectivity index (χ4n) is 1.13. The van der Waals surface area contributed by atoms with Crippen LogP contribution < -0.4 is 16.6 Å². The number of hydrogen-bond acceptors (Lipinski definition) is 3. The van der Waals surface area contributed by atoms with E-state index < -0.39 is 6.03 Å². The summed E-state index contributed by atoms with van der Waals surface area (Å²) >= 11 is 0. The first-order valence-corrected chi connectivity index (χ1v) is 3.80. The van der Waals surface area contributed by atoms with Crippen LogP contribution >= 0.6 is 0 Å². The molecule has 0 aliphatic rings. The second-order valence-electron chi connectivity index (χ2n) is 2.64. The minimum absolute atomic E-state index is 0.0254. The predicted molar refractivity (Wildman–Crippen MR) is 49.9 cm³/mol. The molecule has 0 saturated carbocycles. The first kappa shape index (κ1) is 8.30. The third kappa shape index (κ3) is 1.30. The summed E-state index contributed by atoms with van der Waals surface area (Å²) in [6.45, 7) is 0. The average Bonchev–Trinajstić information content (AvgIpc) is 2.50. The van der Waals surface area contributed by atoms with Crippen LogP contribution in [0.4, 0.5) is 10.7 Å². The fourth-order valence-corrected chi connectivity index (χ4v) is 1.13. The topological polar surface area (TPSA) is 117 Å². The van der Waals surface area contributed by atoms with Crippen molar-refractivity contribution in [1.82, 2.24) is 15.0 Å². The van der Waals surface area contributed by atoms with Crippen molar-refractivity contribution in [2.75, 3.05) is 5.32 Å². The SMILES string of the molecule is NC(=O)Nc1nc2[nH]ccc2c(=O)[nH]1. The maximum Gasteiger partial charge on any atom is 0.318 e. The van der Waals surface area contributed by atoms with Crippen LogP contribution in [0.3, 0.4) is 0 Å². The van der Waals surface area contributed by atoms with E-state index >= 15 is 0 Å². The molecule has 0 spiro atoms. The zero-order valence-electron chi connectivity index (χ0n) is 7.00. The number of nitrogens with one attached hydrogen (secondary N) is 3. The van der Waals surface area contributed by atoms with E-state index in [-0.39, 0.29) is 11.5 Å². The first-order valence-electron chi connectivity index (χ1n) is 3.80. The lowest BCUT2D eigenvalue weighted by Crippen LogP contribution is -2.23. The molecule has 0 bridgehead atoms. The molecule has 5 N–H and O–H groups in total. The normalized spacial score (nSPS) is 10.3. The van der Waals surface area contributed by atoms with E-state index in [0.29, 0.717) is 11.0 Å². The molecule has 0 aliphatic heterocycles. The Kier molecular flexibility index (Phi) is 1.70. The Morgan fingerprint density at radius 2 is 2.36 bits per heavy atom. The van der Waals surface area contributed by atoms with E-state index in [1.54, 1.807) is 12.3 Å². The van der Waals surface area contributed by atoms with Crippen molar-refractivity contribution in [1.29, 1.82) is 0 Å². The van der Waals surface area contributed by atoms with Crippen molar-refractivity contribution in [3.8, 4) is 0 Å². The van der Waals surface area contributed by atoms with E-state index in [4.69, 9.17) is 5.73 Å². The number of nitrogens with two attached hydrogens (primary N) is 1. The number of fused-ring (bicyclic) bond motifs is 1. The van der Waals surface area contributed by atoms with Crippen LogP contribution in [0.2, 0.25) is 0 Å². The van der Waals surface area contributed by atoms with Gasteiger partial charge in [-0.3, -0.25) is 15.1 Å². The summed E-state index contributed by atoms with van der Waals surface area (Å²) < 4.78 is 0. The number of hydrogen-bond donors (Lipinski definition) is 4. The fraction of sp³-hybridized carbons (Fsp3) is 0. The quantitative estimate of drug-likeness (QED) is 0.499. The Balaban J connectivity index is 2.58. The van der Waals surface area contributed by atoms with Crippen molar-refractivity contribution in [2.24, 2.45) is 5.73 Å². The van der Waals surface area contributed by atoms with E-state index in [9.17, 15) is 9.59 Å². The Bertz CT molecular complexity index is 540. The molecule has 72 valence electrons. The van der Waals surface area contributed by atoms with Gasteiger partial charge in [-0.1, -0.05) is 0 Å². The highest BCUT2D eigenvalue weighted by molar-refractivity contribution is 5.86.